The third-order valence-corrected chi connectivity index (χ3v) is 2.73. The molecule has 0 aliphatic carbocycles. The van der Waals surface area contributed by atoms with Gasteiger partial charge >= 0.3 is 0 Å². The highest BCUT2D eigenvalue weighted by Crippen LogP contribution is 2.13. The summed E-state index contributed by atoms with van der Waals surface area (Å²) in [4.78, 5) is 4.34. The highest BCUT2D eigenvalue weighted by atomic mass is 32.2. The normalized spacial score (nSPS) is 12.1. The fourth-order valence-corrected chi connectivity index (χ4v) is 1.67. The van der Waals surface area contributed by atoms with Crippen molar-refractivity contribution in [1.29, 1.82) is 5.26 Å². The Balaban J connectivity index is 3.07. The molecule has 0 spiro atoms. The molecule has 0 fully saturated rings. The molecule has 1 aromatic rings. The van der Waals surface area contributed by atoms with Crippen LogP contribution in [0.25, 0.3) is 0 Å². The molecule has 0 aliphatic rings. The Morgan fingerprint density at radius 1 is 1.75 bits per heavy atom. The SMILES string of the molecule is CC[S+]([O-])c1cccnc1C#N. The first-order valence-electron chi connectivity index (χ1n) is 3.53. The molecular weight excluding hydrogens is 172 g/mol. The molecule has 0 N–H and O–H groups in total. The van der Waals surface area contributed by atoms with Crippen molar-refractivity contribution in [3.63, 3.8) is 0 Å². The predicted octanol–water partition coefficient (Wildman–Crippen LogP) is 1.08. The van der Waals surface area contributed by atoms with E-state index in [-0.39, 0.29) is 5.69 Å². The van der Waals surface area contributed by atoms with Gasteiger partial charge in [0.25, 0.3) is 0 Å². The first kappa shape index (κ1) is 9.04. The maximum Gasteiger partial charge on any atom is 0.195 e. The summed E-state index contributed by atoms with van der Waals surface area (Å²) >= 11 is -1.09. The summed E-state index contributed by atoms with van der Waals surface area (Å²) in [6.45, 7) is 1.81. The van der Waals surface area contributed by atoms with E-state index in [1.54, 1.807) is 12.1 Å². The van der Waals surface area contributed by atoms with Crippen molar-refractivity contribution in [3.05, 3.63) is 24.0 Å². The Hall–Kier alpha value is -1.05. The molecule has 4 heteroatoms. The smallest absolute Gasteiger partial charge is 0.195 e. The molecular formula is C8H8N2OS. The second-order valence-electron chi connectivity index (χ2n) is 2.10. The van der Waals surface area contributed by atoms with Gasteiger partial charge in [0, 0.05) is 6.20 Å². The molecule has 0 aliphatic heterocycles. The largest absolute Gasteiger partial charge is 0.611 e. The molecule has 1 unspecified atom stereocenters. The second kappa shape index (κ2) is 4.10. The highest BCUT2D eigenvalue weighted by Gasteiger charge is 2.13. The maximum absolute atomic E-state index is 11.3. The molecule has 0 radical (unpaired) electrons. The first-order chi connectivity index (χ1) is 5.79. The summed E-state index contributed by atoms with van der Waals surface area (Å²) in [5.74, 6) is 0.514. The summed E-state index contributed by atoms with van der Waals surface area (Å²) in [5, 5.41) is 8.62. The van der Waals surface area contributed by atoms with Crippen molar-refractivity contribution in [2.75, 3.05) is 5.75 Å². The fraction of sp³-hybridized carbons (Fsp3) is 0.250. The number of nitriles is 1. The van der Waals surface area contributed by atoms with Crippen LogP contribution in [0.1, 0.15) is 12.6 Å². The Morgan fingerprint density at radius 2 is 2.50 bits per heavy atom. The van der Waals surface area contributed by atoms with Gasteiger partial charge in [0.2, 0.25) is 0 Å². The molecule has 0 aromatic carbocycles. The van der Waals surface area contributed by atoms with Crippen LogP contribution in [0.5, 0.6) is 0 Å². The number of aromatic nitrogens is 1. The Bertz CT molecular complexity index is 308. The van der Waals surface area contributed by atoms with Crippen molar-refractivity contribution >= 4 is 11.2 Å². The average Bonchev–Trinajstić information content (AvgIpc) is 2.16. The standard InChI is InChI=1S/C8H8N2OS/c1-2-12(11)8-4-3-5-10-7(8)6-9/h3-5H,2H2,1H3. The van der Waals surface area contributed by atoms with Crippen LogP contribution in [0.15, 0.2) is 23.2 Å². The molecule has 62 valence electrons. The van der Waals surface area contributed by atoms with Crippen LogP contribution in [0.2, 0.25) is 0 Å². The van der Waals surface area contributed by atoms with Crippen LogP contribution < -0.4 is 0 Å². The summed E-state index contributed by atoms with van der Waals surface area (Å²) in [6, 6.07) is 5.26. The zero-order chi connectivity index (χ0) is 8.97. The highest BCUT2D eigenvalue weighted by molar-refractivity contribution is 7.91. The molecule has 12 heavy (non-hydrogen) atoms. The molecule has 1 atom stereocenters. The van der Waals surface area contributed by atoms with E-state index < -0.39 is 11.2 Å². The van der Waals surface area contributed by atoms with Gasteiger partial charge in [0.15, 0.2) is 10.6 Å². The predicted molar refractivity (Wildman–Crippen MR) is 45.9 cm³/mol. The Morgan fingerprint density at radius 3 is 3.08 bits per heavy atom. The van der Waals surface area contributed by atoms with E-state index >= 15 is 0 Å². The minimum absolute atomic E-state index is 0.262. The van der Waals surface area contributed by atoms with Crippen LogP contribution in [0.3, 0.4) is 0 Å². The second-order valence-corrected chi connectivity index (χ2v) is 3.80. The van der Waals surface area contributed by atoms with E-state index in [9.17, 15) is 4.55 Å². The summed E-state index contributed by atoms with van der Waals surface area (Å²) in [5.41, 5.74) is 0.262. The van der Waals surface area contributed by atoms with Crippen molar-refractivity contribution in [2.45, 2.75) is 11.8 Å². The van der Waals surface area contributed by atoms with Gasteiger partial charge in [-0.15, -0.1) is 0 Å². The summed E-state index contributed by atoms with van der Waals surface area (Å²) in [6.07, 6.45) is 1.52. The monoisotopic (exact) mass is 180 g/mol. The van der Waals surface area contributed by atoms with Gasteiger partial charge in [-0.2, -0.15) is 5.26 Å². The molecule has 0 bridgehead atoms. The van der Waals surface area contributed by atoms with E-state index in [2.05, 4.69) is 4.98 Å². The van der Waals surface area contributed by atoms with Crippen LogP contribution >= 0.6 is 0 Å². The van der Waals surface area contributed by atoms with Gasteiger partial charge in [-0.05, 0) is 30.2 Å². The first-order valence-corrected chi connectivity index (χ1v) is 4.85. The zero-order valence-electron chi connectivity index (χ0n) is 6.65. The molecule has 0 amide bonds. The van der Waals surface area contributed by atoms with Crippen molar-refractivity contribution in [2.24, 2.45) is 0 Å². The molecule has 1 rings (SSSR count). The van der Waals surface area contributed by atoms with Crippen LogP contribution in [-0.2, 0) is 11.2 Å². The van der Waals surface area contributed by atoms with Crippen molar-refractivity contribution in [1.82, 2.24) is 4.98 Å². The molecule has 0 saturated heterocycles. The van der Waals surface area contributed by atoms with Gasteiger partial charge < -0.3 is 4.55 Å². The van der Waals surface area contributed by atoms with Crippen molar-refractivity contribution in [3.8, 4) is 6.07 Å². The van der Waals surface area contributed by atoms with Crippen molar-refractivity contribution < 1.29 is 4.55 Å². The lowest BCUT2D eigenvalue weighted by Gasteiger charge is -2.07. The number of hydrogen-bond donors (Lipinski definition) is 0. The van der Waals surface area contributed by atoms with E-state index in [4.69, 9.17) is 5.26 Å². The summed E-state index contributed by atoms with van der Waals surface area (Å²) in [7, 11) is 0. The zero-order valence-corrected chi connectivity index (χ0v) is 7.47. The summed E-state index contributed by atoms with van der Waals surface area (Å²) < 4.78 is 11.3. The van der Waals surface area contributed by atoms with Gasteiger partial charge in [-0.1, -0.05) is 0 Å². The van der Waals surface area contributed by atoms with Crippen LogP contribution in [0.4, 0.5) is 0 Å². The minimum Gasteiger partial charge on any atom is -0.611 e. The molecule has 1 aromatic heterocycles. The average molecular weight is 180 g/mol. The van der Waals surface area contributed by atoms with Gasteiger partial charge in [0.05, 0.1) is 0 Å². The van der Waals surface area contributed by atoms with E-state index in [0.717, 1.165) is 0 Å². The lowest BCUT2D eigenvalue weighted by Crippen LogP contribution is -2.06. The molecule has 3 nitrogen and oxygen atoms in total. The number of hydrogen-bond acceptors (Lipinski definition) is 3. The van der Waals surface area contributed by atoms with E-state index in [1.165, 1.54) is 6.20 Å². The third kappa shape index (κ3) is 1.76. The lowest BCUT2D eigenvalue weighted by atomic mass is 10.4. The number of nitrogens with zero attached hydrogens (tertiary/aromatic N) is 2. The fourth-order valence-electron chi connectivity index (χ4n) is 0.814. The lowest BCUT2D eigenvalue weighted by molar-refractivity contribution is 0.595. The number of pyridine rings is 1. The van der Waals surface area contributed by atoms with Gasteiger partial charge in [-0.25, -0.2) is 4.98 Å². The molecule has 1 heterocycles. The quantitative estimate of drug-likeness (QED) is 0.640. The maximum atomic E-state index is 11.3. The Labute approximate surface area is 74.2 Å². The topological polar surface area (TPSA) is 59.7 Å². The third-order valence-electron chi connectivity index (χ3n) is 1.38. The Kier molecular flexibility index (Phi) is 3.09. The number of rotatable bonds is 2. The van der Waals surface area contributed by atoms with Gasteiger partial charge in [0.1, 0.15) is 11.8 Å². The molecule has 0 saturated carbocycles. The van der Waals surface area contributed by atoms with E-state index in [1.807, 2.05) is 13.0 Å². The van der Waals surface area contributed by atoms with Crippen LogP contribution in [-0.4, -0.2) is 15.3 Å². The van der Waals surface area contributed by atoms with E-state index in [0.29, 0.717) is 10.6 Å². The van der Waals surface area contributed by atoms with Crippen LogP contribution in [0, 0.1) is 11.3 Å². The minimum atomic E-state index is -1.09. The van der Waals surface area contributed by atoms with Gasteiger partial charge in [-0.3, -0.25) is 0 Å².